The molecular weight excluding hydrogens is 355 g/mol. The SMILES string of the molecule is CCN(CC)CCn1c2c(c3cc(C(C)=O)c(F)cc31)=CC(C)(C(C)=O)CC=2. The number of carbonyl (C=O) groups is 2. The van der Waals surface area contributed by atoms with Gasteiger partial charge in [-0.05, 0) is 52.4 Å². The normalized spacial score (nSPS) is 18.7. The number of nitrogens with zero attached hydrogens (tertiary/aromatic N) is 2. The fraction of sp³-hybridized carbons (Fsp3) is 0.478. The van der Waals surface area contributed by atoms with E-state index in [4.69, 9.17) is 0 Å². The summed E-state index contributed by atoms with van der Waals surface area (Å²) in [6.07, 6.45) is 4.71. The average Bonchev–Trinajstić information content (AvgIpc) is 2.93. The van der Waals surface area contributed by atoms with E-state index in [0.29, 0.717) is 6.42 Å². The highest BCUT2D eigenvalue weighted by molar-refractivity contribution is 5.99. The van der Waals surface area contributed by atoms with Crippen LogP contribution in [0.25, 0.3) is 23.1 Å². The first kappa shape index (κ1) is 20.5. The quantitative estimate of drug-likeness (QED) is 0.690. The molecule has 1 aliphatic carbocycles. The lowest BCUT2D eigenvalue weighted by atomic mass is 9.80. The zero-order valence-corrected chi connectivity index (χ0v) is 17.4. The molecular formula is C23H29FN2O2. The van der Waals surface area contributed by atoms with Gasteiger partial charge in [-0.2, -0.15) is 0 Å². The predicted molar refractivity (Wildman–Crippen MR) is 111 cm³/mol. The molecule has 4 nitrogen and oxygen atoms in total. The van der Waals surface area contributed by atoms with Crippen LogP contribution >= 0.6 is 0 Å². The van der Waals surface area contributed by atoms with E-state index in [9.17, 15) is 14.0 Å². The molecule has 5 heteroatoms. The first-order valence-electron chi connectivity index (χ1n) is 10.0. The van der Waals surface area contributed by atoms with E-state index in [0.717, 1.165) is 47.6 Å². The number of aromatic nitrogens is 1. The standard InChI is InChI=1S/C23H29FN2O2/c1-6-25(7-2)10-11-26-21-8-9-23(5,16(4)28)14-19(21)18-12-17(15(3)27)20(24)13-22(18)26/h8,12-14H,6-7,9-11H2,1-5H3. The molecule has 1 atom stereocenters. The number of benzene rings is 1. The van der Waals surface area contributed by atoms with Crippen molar-refractivity contribution in [3.05, 3.63) is 34.1 Å². The van der Waals surface area contributed by atoms with Crippen molar-refractivity contribution in [1.29, 1.82) is 0 Å². The fourth-order valence-electron chi connectivity index (χ4n) is 4.01. The van der Waals surface area contributed by atoms with Gasteiger partial charge in [0.25, 0.3) is 0 Å². The smallest absolute Gasteiger partial charge is 0.162 e. The molecule has 0 bridgehead atoms. The monoisotopic (exact) mass is 384 g/mol. The molecule has 28 heavy (non-hydrogen) atoms. The van der Waals surface area contributed by atoms with Crippen molar-refractivity contribution in [3.63, 3.8) is 0 Å². The number of rotatable bonds is 7. The van der Waals surface area contributed by atoms with Gasteiger partial charge in [0.1, 0.15) is 11.6 Å². The number of Topliss-reactive ketones (excluding diaryl/α,β-unsaturated/α-hetero) is 2. The highest BCUT2D eigenvalue weighted by Crippen LogP contribution is 2.28. The number of ketones is 2. The van der Waals surface area contributed by atoms with Crippen LogP contribution in [0.3, 0.4) is 0 Å². The molecule has 0 saturated heterocycles. The summed E-state index contributed by atoms with van der Waals surface area (Å²) >= 11 is 0. The maximum atomic E-state index is 14.6. The molecule has 0 N–H and O–H groups in total. The molecule has 0 radical (unpaired) electrons. The minimum Gasteiger partial charge on any atom is -0.339 e. The molecule has 0 saturated carbocycles. The molecule has 2 aromatic rings. The van der Waals surface area contributed by atoms with Gasteiger partial charge in [-0.25, -0.2) is 4.39 Å². The Balaban J connectivity index is 2.29. The van der Waals surface area contributed by atoms with E-state index in [1.165, 1.54) is 13.0 Å². The summed E-state index contributed by atoms with van der Waals surface area (Å²) in [5.74, 6) is -0.682. The van der Waals surface area contributed by atoms with E-state index < -0.39 is 11.2 Å². The molecule has 0 fully saturated rings. The highest BCUT2D eigenvalue weighted by atomic mass is 19.1. The number of fused-ring (bicyclic) bond motifs is 3. The van der Waals surface area contributed by atoms with Gasteiger partial charge in [0, 0.05) is 34.5 Å². The third-order valence-corrected chi connectivity index (χ3v) is 6.13. The molecule has 1 aromatic heterocycles. The van der Waals surface area contributed by atoms with Crippen molar-refractivity contribution < 1.29 is 14.0 Å². The van der Waals surface area contributed by atoms with Crippen LogP contribution in [0.4, 0.5) is 4.39 Å². The Hall–Kier alpha value is -2.27. The molecule has 3 rings (SSSR count). The highest BCUT2D eigenvalue weighted by Gasteiger charge is 2.29. The number of carbonyl (C=O) groups excluding carboxylic acids is 2. The predicted octanol–water partition coefficient (Wildman–Crippen LogP) is 2.88. The van der Waals surface area contributed by atoms with Crippen LogP contribution < -0.4 is 10.6 Å². The first-order chi connectivity index (χ1) is 13.2. The summed E-state index contributed by atoms with van der Waals surface area (Å²) in [6, 6.07) is 3.12. The van der Waals surface area contributed by atoms with Crippen LogP contribution in [0.1, 0.15) is 51.4 Å². The minimum absolute atomic E-state index is 0.0969. The molecule has 0 aliphatic heterocycles. The Labute approximate surface area is 165 Å². The van der Waals surface area contributed by atoms with Crippen LogP contribution in [0.2, 0.25) is 0 Å². The van der Waals surface area contributed by atoms with Gasteiger partial charge in [0.15, 0.2) is 5.78 Å². The number of hydrogen-bond donors (Lipinski definition) is 0. The Bertz CT molecular complexity index is 1060. The van der Waals surface area contributed by atoms with Gasteiger partial charge >= 0.3 is 0 Å². The van der Waals surface area contributed by atoms with Crippen LogP contribution in [0, 0.1) is 11.2 Å². The molecule has 1 unspecified atom stereocenters. The first-order valence-corrected chi connectivity index (χ1v) is 10.0. The van der Waals surface area contributed by atoms with Gasteiger partial charge < -0.3 is 9.47 Å². The third kappa shape index (κ3) is 3.44. The second-order valence-electron chi connectivity index (χ2n) is 7.91. The Kier molecular flexibility index (Phi) is 5.57. The summed E-state index contributed by atoms with van der Waals surface area (Å²) in [5.41, 5.74) is 0.301. The van der Waals surface area contributed by atoms with Crippen molar-refractivity contribution >= 4 is 34.6 Å². The van der Waals surface area contributed by atoms with Gasteiger partial charge in [-0.3, -0.25) is 9.59 Å². The van der Waals surface area contributed by atoms with Crippen molar-refractivity contribution in [2.75, 3.05) is 19.6 Å². The van der Waals surface area contributed by atoms with Crippen molar-refractivity contribution in [1.82, 2.24) is 9.47 Å². The van der Waals surface area contributed by atoms with Crippen molar-refractivity contribution in [3.8, 4) is 0 Å². The summed E-state index contributed by atoms with van der Waals surface area (Å²) in [6.45, 7) is 12.7. The lowest BCUT2D eigenvalue weighted by molar-refractivity contribution is -0.122. The Morgan fingerprint density at radius 2 is 1.89 bits per heavy atom. The van der Waals surface area contributed by atoms with E-state index in [2.05, 4.69) is 29.4 Å². The Morgan fingerprint density at radius 3 is 2.46 bits per heavy atom. The zero-order chi connectivity index (χ0) is 20.6. The lowest BCUT2D eigenvalue weighted by Crippen LogP contribution is -2.39. The minimum atomic E-state index is -0.574. The summed E-state index contributed by atoms with van der Waals surface area (Å²) in [4.78, 5) is 26.4. The molecule has 150 valence electrons. The summed E-state index contributed by atoms with van der Waals surface area (Å²) < 4.78 is 16.7. The van der Waals surface area contributed by atoms with E-state index in [1.807, 2.05) is 13.0 Å². The maximum Gasteiger partial charge on any atom is 0.162 e. The van der Waals surface area contributed by atoms with E-state index in [-0.39, 0.29) is 17.1 Å². The van der Waals surface area contributed by atoms with Crippen LogP contribution in [0.5, 0.6) is 0 Å². The van der Waals surface area contributed by atoms with Gasteiger partial charge in [-0.1, -0.05) is 26.0 Å². The Morgan fingerprint density at radius 1 is 1.21 bits per heavy atom. The van der Waals surface area contributed by atoms with Gasteiger partial charge in [-0.15, -0.1) is 0 Å². The number of hydrogen-bond acceptors (Lipinski definition) is 3. The van der Waals surface area contributed by atoms with Gasteiger partial charge in [0.05, 0.1) is 11.1 Å². The molecule has 1 aromatic carbocycles. The van der Waals surface area contributed by atoms with Crippen LogP contribution in [-0.2, 0) is 11.3 Å². The fourth-order valence-corrected chi connectivity index (χ4v) is 4.01. The second-order valence-corrected chi connectivity index (χ2v) is 7.91. The molecule has 1 aliphatic rings. The van der Waals surface area contributed by atoms with Crippen LogP contribution in [-0.4, -0.2) is 40.7 Å². The maximum absolute atomic E-state index is 14.6. The third-order valence-electron chi connectivity index (χ3n) is 6.13. The zero-order valence-electron chi connectivity index (χ0n) is 17.4. The average molecular weight is 384 g/mol. The van der Waals surface area contributed by atoms with E-state index in [1.54, 1.807) is 13.0 Å². The van der Waals surface area contributed by atoms with E-state index >= 15 is 0 Å². The molecule has 0 amide bonds. The topological polar surface area (TPSA) is 42.3 Å². The summed E-state index contributed by atoms with van der Waals surface area (Å²) in [7, 11) is 0. The largest absolute Gasteiger partial charge is 0.339 e. The summed E-state index contributed by atoms with van der Waals surface area (Å²) in [5, 5.41) is 2.78. The van der Waals surface area contributed by atoms with Crippen LogP contribution in [0.15, 0.2) is 12.1 Å². The lowest BCUT2D eigenvalue weighted by Gasteiger charge is -2.23. The molecule has 0 spiro atoms. The molecule has 1 heterocycles. The number of halogens is 1. The van der Waals surface area contributed by atoms with Gasteiger partial charge in [0.2, 0.25) is 0 Å². The van der Waals surface area contributed by atoms with Crippen molar-refractivity contribution in [2.24, 2.45) is 5.41 Å². The van der Waals surface area contributed by atoms with Crippen molar-refractivity contribution in [2.45, 2.75) is 47.6 Å². The number of likely N-dealkylation sites (N-methyl/N-ethyl adjacent to an activating group) is 1. The second kappa shape index (κ2) is 7.63.